The van der Waals surface area contributed by atoms with E-state index >= 15 is 0 Å². The lowest BCUT2D eigenvalue weighted by molar-refractivity contribution is -0.149. The van der Waals surface area contributed by atoms with E-state index in [0.29, 0.717) is 0 Å². The smallest absolute Gasteiger partial charge is 0.342 e. The summed E-state index contributed by atoms with van der Waals surface area (Å²) in [4.78, 5) is 22.9. The molecule has 112 valence electrons. The van der Waals surface area contributed by atoms with Gasteiger partial charge in [0.05, 0.1) is 25.3 Å². The third-order valence-corrected chi connectivity index (χ3v) is 2.55. The number of hydrogen-bond acceptors (Lipinski definition) is 5. The predicted molar refractivity (Wildman–Crippen MR) is 73.5 cm³/mol. The van der Waals surface area contributed by atoms with Crippen LogP contribution in [0.1, 0.15) is 28.9 Å². The molecule has 7 heteroatoms. The van der Waals surface area contributed by atoms with Gasteiger partial charge >= 0.3 is 11.9 Å². The molecule has 1 rings (SSSR count). The van der Waals surface area contributed by atoms with E-state index in [9.17, 15) is 14.0 Å². The van der Waals surface area contributed by atoms with Crippen molar-refractivity contribution in [3.05, 3.63) is 35.4 Å². The molecule has 0 aliphatic carbocycles. The van der Waals surface area contributed by atoms with Crippen LogP contribution in [-0.4, -0.2) is 31.8 Å². The molecule has 0 radical (unpaired) electrons. The summed E-state index contributed by atoms with van der Waals surface area (Å²) >= 11 is 0. The van der Waals surface area contributed by atoms with Crippen molar-refractivity contribution in [3.8, 4) is 0 Å². The van der Waals surface area contributed by atoms with Gasteiger partial charge in [-0.3, -0.25) is 0 Å². The fourth-order valence-corrected chi connectivity index (χ4v) is 1.61. The monoisotopic (exact) mass is 305 g/mol. The maximum absolute atomic E-state index is 13.9. The molecular weight excluding hydrogens is 289 g/mol. The summed E-state index contributed by atoms with van der Waals surface area (Å²) in [6.07, 6.45) is -2.04. The third-order valence-electron chi connectivity index (χ3n) is 2.55. The second kappa shape index (κ2) is 8.50. The van der Waals surface area contributed by atoms with Gasteiger partial charge in [0, 0.05) is 0 Å². The number of methoxy groups -OCH3 is 1. The van der Waals surface area contributed by atoms with E-state index in [-0.39, 0.29) is 30.1 Å². The number of rotatable bonds is 5. The zero-order valence-corrected chi connectivity index (χ0v) is 12.0. The number of esters is 2. The Morgan fingerprint density at radius 1 is 1.35 bits per heavy atom. The van der Waals surface area contributed by atoms with Crippen LogP contribution in [0.15, 0.2) is 24.3 Å². The van der Waals surface area contributed by atoms with Gasteiger partial charge in [0.25, 0.3) is 0 Å². The van der Waals surface area contributed by atoms with Gasteiger partial charge in [0.1, 0.15) is 0 Å². The SMILES string of the molecule is CCOC(=O)C(F)[C@H](N)c1ccccc1C(=O)OC.Cl. The Hall–Kier alpha value is -1.66. The topological polar surface area (TPSA) is 78.6 Å². The van der Waals surface area contributed by atoms with E-state index in [1.807, 2.05) is 0 Å². The van der Waals surface area contributed by atoms with Crippen LogP contribution >= 0.6 is 12.4 Å². The van der Waals surface area contributed by atoms with Crippen molar-refractivity contribution in [2.75, 3.05) is 13.7 Å². The lowest BCUT2D eigenvalue weighted by Crippen LogP contribution is -2.32. The molecule has 0 heterocycles. The van der Waals surface area contributed by atoms with Crippen LogP contribution in [-0.2, 0) is 14.3 Å². The molecule has 0 saturated carbocycles. The standard InChI is InChI=1S/C13H16FNO4.ClH/c1-3-19-13(17)10(14)11(15)8-6-4-5-7-9(8)12(16)18-2;/h4-7,10-11H,3,15H2,1-2H3;1H/t10?,11-;/m1./s1. The number of carbonyl (C=O) groups is 2. The summed E-state index contributed by atoms with van der Waals surface area (Å²) in [6, 6.07) is 4.84. The summed E-state index contributed by atoms with van der Waals surface area (Å²) < 4.78 is 23.0. The van der Waals surface area contributed by atoms with Crippen LogP contribution in [0, 0.1) is 0 Å². The number of benzene rings is 1. The summed E-state index contributed by atoms with van der Waals surface area (Å²) in [5.41, 5.74) is 6.01. The zero-order valence-electron chi connectivity index (χ0n) is 11.2. The molecule has 1 unspecified atom stereocenters. The van der Waals surface area contributed by atoms with E-state index in [1.165, 1.54) is 19.2 Å². The molecular formula is C13H17ClFNO4. The summed E-state index contributed by atoms with van der Waals surface area (Å²) in [5.74, 6) is -1.68. The van der Waals surface area contributed by atoms with Gasteiger partial charge in [0.15, 0.2) is 0 Å². The van der Waals surface area contributed by atoms with Crippen LogP contribution in [0.25, 0.3) is 0 Å². The van der Waals surface area contributed by atoms with Crippen molar-refractivity contribution >= 4 is 24.3 Å². The first-order chi connectivity index (χ1) is 9.02. The van der Waals surface area contributed by atoms with Crippen molar-refractivity contribution in [1.82, 2.24) is 0 Å². The first-order valence-electron chi connectivity index (χ1n) is 5.76. The lowest BCUT2D eigenvalue weighted by atomic mass is 9.97. The van der Waals surface area contributed by atoms with Gasteiger partial charge in [-0.2, -0.15) is 0 Å². The molecule has 1 aromatic carbocycles. The highest BCUT2D eigenvalue weighted by molar-refractivity contribution is 5.91. The van der Waals surface area contributed by atoms with Crippen LogP contribution in [0.3, 0.4) is 0 Å². The summed E-state index contributed by atoms with van der Waals surface area (Å²) in [6.45, 7) is 1.63. The highest BCUT2D eigenvalue weighted by Gasteiger charge is 2.30. The molecule has 0 amide bonds. The fraction of sp³-hybridized carbons (Fsp3) is 0.385. The molecule has 0 spiro atoms. The number of carbonyl (C=O) groups excluding carboxylic acids is 2. The van der Waals surface area contributed by atoms with E-state index in [1.54, 1.807) is 19.1 Å². The van der Waals surface area contributed by atoms with Gasteiger partial charge in [-0.1, -0.05) is 18.2 Å². The largest absolute Gasteiger partial charge is 0.465 e. The van der Waals surface area contributed by atoms with Crippen LogP contribution < -0.4 is 5.73 Å². The van der Waals surface area contributed by atoms with Gasteiger partial charge < -0.3 is 15.2 Å². The number of nitrogens with two attached hydrogens (primary N) is 1. The Balaban J connectivity index is 0.00000361. The van der Waals surface area contributed by atoms with Gasteiger partial charge in [-0.25, -0.2) is 14.0 Å². The highest BCUT2D eigenvalue weighted by Crippen LogP contribution is 2.22. The first-order valence-corrected chi connectivity index (χ1v) is 5.76. The number of ether oxygens (including phenoxy) is 2. The van der Waals surface area contributed by atoms with Crippen LogP contribution in [0.2, 0.25) is 0 Å². The Labute approximate surface area is 122 Å². The van der Waals surface area contributed by atoms with Crippen molar-refractivity contribution in [1.29, 1.82) is 0 Å². The average Bonchev–Trinajstić information content (AvgIpc) is 2.45. The fourth-order valence-electron chi connectivity index (χ4n) is 1.61. The molecule has 5 nitrogen and oxygen atoms in total. The highest BCUT2D eigenvalue weighted by atomic mass is 35.5. The molecule has 20 heavy (non-hydrogen) atoms. The van der Waals surface area contributed by atoms with Crippen molar-refractivity contribution in [2.45, 2.75) is 19.1 Å². The zero-order chi connectivity index (χ0) is 14.4. The summed E-state index contributed by atoms with van der Waals surface area (Å²) in [7, 11) is 1.21. The van der Waals surface area contributed by atoms with Crippen LogP contribution in [0.5, 0.6) is 0 Å². The molecule has 2 N–H and O–H groups in total. The van der Waals surface area contributed by atoms with Crippen LogP contribution in [0.4, 0.5) is 4.39 Å². The minimum Gasteiger partial charge on any atom is -0.465 e. The number of alkyl halides is 1. The van der Waals surface area contributed by atoms with E-state index in [2.05, 4.69) is 9.47 Å². The molecule has 0 saturated heterocycles. The summed E-state index contributed by atoms with van der Waals surface area (Å²) in [5, 5.41) is 0. The van der Waals surface area contributed by atoms with E-state index in [4.69, 9.17) is 5.73 Å². The predicted octanol–water partition coefficient (Wildman–Crippen LogP) is 1.80. The molecule has 1 aromatic rings. The van der Waals surface area contributed by atoms with Crippen molar-refractivity contribution < 1.29 is 23.5 Å². The second-order valence-corrected chi connectivity index (χ2v) is 3.76. The quantitative estimate of drug-likeness (QED) is 0.839. The van der Waals surface area contributed by atoms with Gasteiger partial charge in [0.2, 0.25) is 6.17 Å². The lowest BCUT2D eigenvalue weighted by Gasteiger charge is -2.18. The molecule has 0 aromatic heterocycles. The van der Waals surface area contributed by atoms with E-state index < -0.39 is 24.2 Å². The van der Waals surface area contributed by atoms with E-state index in [0.717, 1.165) is 0 Å². The third kappa shape index (κ3) is 4.18. The Morgan fingerprint density at radius 2 is 1.95 bits per heavy atom. The second-order valence-electron chi connectivity index (χ2n) is 3.76. The Morgan fingerprint density at radius 3 is 2.50 bits per heavy atom. The Kier molecular flexibility index (Phi) is 7.79. The van der Waals surface area contributed by atoms with Crippen molar-refractivity contribution in [2.24, 2.45) is 5.73 Å². The van der Waals surface area contributed by atoms with Gasteiger partial charge in [-0.15, -0.1) is 12.4 Å². The maximum atomic E-state index is 13.9. The molecule has 0 bridgehead atoms. The minimum absolute atomic E-state index is 0. The Bertz CT molecular complexity index is 469. The normalized spacial score (nSPS) is 12.8. The molecule has 0 aliphatic rings. The van der Waals surface area contributed by atoms with Gasteiger partial charge in [-0.05, 0) is 18.6 Å². The number of halogens is 2. The molecule has 0 fully saturated rings. The molecule has 2 atom stereocenters. The minimum atomic E-state index is -2.04. The first kappa shape index (κ1) is 18.3. The van der Waals surface area contributed by atoms with Crippen molar-refractivity contribution in [3.63, 3.8) is 0 Å². The average molecular weight is 306 g/mol. The maximum Gasteiger partial charge on any atom is 0.342 e. The number of hydrogen-bond donors (Lipinski definition) is 1. The molecule has 0 aliphatic heterocycles.